The average Bonchev–Trinajstić information content (AvgIpc) is 2.26. The van der Waals surface area contributed by atoms with Crippen LogP contribution in [0.25, 0.3) is 0 Å². The van der Waals surface area contributed by atoms with Crippen molar-refractivity contribution in [2.75, 3.05) is 13.6 Å². The maximum absolute atomic E-state index is 4.35. The lowest BCUT2D eigenvalue weighted by Crippen LogP contribution is -2.09. The SMILES string of the molecule is CNCCc1sc(C)nc1C. The molecule has 0 radical (unpaired) electrons. The summed E-state index contributed by atoms with van der Waals surface area (Å²) in [5, 5.41) is 4.31. The maximum atomic E-state index is 4.35. The molecular formula is C8H14N2S. The van der Waals surface area contributed by atoms with Gasteiger partial charge in [-0.05, 0) is 33.9 Å². The molecule has 2 nitrogen and oxygen atoms in total. The Morgan fingerprint density at radius 3 is 2.64 bits per heavy atom. The number of hydrogen-bond acceptors (Lipinski definition) is 3. The Balaban J connectivity index is 2.62. The molecule has 1 heterocycles. The number of aryl methyl sites for hydroxylation is 2. The number of aromatic nitrogens is 1. The summed E-state index contributed by atoms with van der Waals surface area (Å²) >= 11 is 1.80. The van der Waals surface area contributed by atoms with Gasteiger partial charge in [-0.25, -0.2) is 4.98 Å². The minimum atomic E-state index is 1.04. The summed E-state index contributed by atoms with van der Waals surface area (Å²) in [4.78, 5) is 5.77. The van der Waals surface area contributed by atoms with Gasteiger partial charge in [0.1, 0.15) is 0 Å². The third-order valence-corrected chi connectivity index (χ3v) is 2.73. The molecule has 0 spiro atoms. The number of nitrogens with zero attached hydrogens (tertiary/aromatic N) is 1. The van der Waals surface area contributed by atoms with Crippen molar-refractivity contribution in [3.8, 4) is 0 Å². The predicted octanol–water partition coefficient (Wildman–Crippen LogP) is 1.52. The largest absolute Gasteiger partial charge is 0.319 e. The molecule has 3 heteroatoms. The van der Waals surface area contributed by atoms with Gasteiger partial charge in [0.25, 0.3) is 0 Å². The van der Waals surface area contributed by atoms with E-state index in [0.29, 0.717) is 0 Å². The van der Waals surface area contributed by atoms with Gasteiger partial charge in [-0.3, -0.25) is 0 Å². The molecule has 0 atom stereocenters. The molecule has 1 N–H and O–H groups in total. The highest BCUT2D eigenvalue weighted by molar-refractivity contribution is 7.11. The van der Waals surface area contributed by atoms with Crippen LogP contribution in [0.15, 0.2) is 0 Å². The second-order valence-electron chi connectivity index (χ2n) is 2.60. The first kappa shape index (κ1) is 8.68. The van der Waals surface area contributed by atoms with Crippen LogP contribution < -0.4 is 5.32 Å². The minimum absolute atomic E-state index is 1.04. The second-order valence-corrected chi connectivity index (χ2v) is 3.88. The quantitative estimate of drug-likeness (QED) is 0.744. The van der Waals surface area contributed by atoms with E-state index < -0.39 is 0 Å². The van der Waals surface area contributed by atoms with Crippen molar-refractivity contribution in [1.82, 2.24) is 10.3 Å². The van der Waals surface area contributed by atoms with Gasteiger partial charge in [-0.1, -0.05) is 0 Å². The van der Waals surface area contributed by atoms with E-state index in [1.807, 2.05) is 7.05 Å². The number of hydrogen-bond donors (Lipinski definition) is 1. The fourth-order valence-corrected chi connectivity index (χ4v) is 1.98. The summed E-state index contributed by atoms with van der Waals surface area (Å²) in [7, 11) is 1.98. The van der Waals surface area contributed by atoms with Gasteiger partial charge >= 0.3 is 0 Å². The molecule has 0 aliphatic heterocycles. The van der Waals surface area contributed by atoms with E-state index in [4.69, 9.17) is 0 Å². The molecule has 0 saturated heterocycles. The summed E-state index contributed by atoms with van der Waals surface area (Å²) in [5.41, 5.74) is 1.20. The van der Waals surface area contributed by atoms with Crippen LogP contribution in [0, 0.1) is 13.8 Å². The number of rotatable bonds is 3. The molecule has 62 valence electrons. The number of thiazole rings is 1. The monoisotopic (exact) mass is 170 g/mol. The third-order valence-electron chi connectivity index (χ3n) is 1.60. The van der Waals surface area contributed by atoms with E-state index in [9.17, 15) is 0 Å². The smallest absolute Gasteiger partial charge is 0.0900 e. The zero-order chi connectivity index (χ0) is 8.27. The minimum Gasteiger partial charge on any atom is -0.319 e. The second kappa shape index (κ2) is 3.83. The van der Waals surface area contributed by atoms with Crippen molar-refractivity contribution >= 4 is 11.3 Å². The highest BCUT2D eigenvalue weighted by Gasteiger charge is 2.02. The Labute approximate surface area is 71.7 Å². The van der Waals surface area contributed by atoms with Crippen LogP contribution in [-0.4, -0.2) is 18.6 Å². The summed E-state index contributed by atoms with van der Waals surface area (Å²) in [6.45, 7) is 5.18. The van der Waals surface area contributed by atoms with E-state index in [0.717, 1.165) is 13.0 Å². The van der Waals surface area contributed by atoms with Crippen molar-refractivity contribution in [2.45, 2.75) is 20.3 Å². The third kappa shape index (κ3) is 2.27. The zero-order valence-electron chi connectivity index (χ0n) is 7.27. The molecule has 0 aromatic carbocycles. The molecule has 1 aromatic rings. The topological polar surface area (TPSA) is 24.9 Å². The van der Waals surface area contributed by atoms with E-state index in [1.54, 1.807) is 11.3 Å². The van der Waals surface area contributed by atoms with Gasteiger partial charge in [-0.15, -0.1) is 11.3 Å². The number of likely N-dealkylation sites (N-methyl/N-ethyl adjacent to an activating group) is 1. The van der Waals surface area contributed by atoms with Gasteiger partial charge in [-0.2, -0.15) is 0 Å². The maximum Gasteiger partial charge on any atom is 0.0900 e. The van der Waals surface area contributed by atoms with Crippen molar-refractivity contribution in [2.24, 2.45) is 0 Å². The van der Waals surface area contributed by atoms with Crippen LogP contribution in [0.1, 0.15) is 15.6 Å². The van der Waals surface area contributed by atoms with Crippen molar-refractivity contribution in [1.29, 1.82) is 0 Å². The number of nitrogens with one attached hydrogen (secondary N) is 1. The molecule has 0 fully saturated rings. The molecular weight excluding hydrogens is 156 g/mol. The van der Waals surface area contributed by atoms with Crippen LogP contribution in [0.3, 0.4) is 0 Å². The normalized spacial score (nSPS) is 10.5. The Bertz CT molecular complexity index is 230. The first-order valence-electron chi connectivity index (χ1n) is 3.81. The van der Waals surface area contributed by atoms with Crippen LogP contribution in [0.2, 0.25) is 0 Å². The van der Waals surface area contributed by atoms with Crippen LogP contribution >= 0.6 is 11.3 Å². The standard InChI is InChI=1S/C8H14N2S/c1-6-8(4-5-9-3)11-7(2)10-6/h9H,4-5H2,1-3H3. The predicted molar refractivity (Wildman–Crippen MR) is 49.2 cm³/mol. The Kier molecular flexibility index (Phi) is 3.02. The first-order chi connectivity index (χ1) is 5.24. The Morgan fingerprint density at radius 1 is 1.45 bits per heavy atom. The lowest BCUT2D eigenvalue weighted by atomic mass is 10.3. The highest BCUT2D eigenvalue weighted by Crippen LogP contribution is 2.16. The fourth-order valence-electron chi connectivity index (χ4n) is 1.04. The molecule has 0 aliphatic rings. The van der Waals surface area contributed by atoms with E-state index in [-0.39, 0.29) is 0 Å². The molecule has 11 heavy (non-hydrogen) atoms. The molecule has 0 aliphatic carbocycles. The Hall–Kier alpha value is -0.410. The van der Waals surface area contributed by atoms with Gasteiger partial charge in [0.2, 0.25) is 0 Å². The lowest BCUT2D eigenvalue weighted by Gasteiger charge is -1.95. The van der Waals surface area contributed by atoms with Gasteiger partial charge in [0.05, 0.1) is 10.7 Å². The molecule has 0 bridgehead atoms. The van der Waals surface area contributed by atoms with E-state index in [2.05, 4.69) is 24.1 Å². The van der Waals surface area contributed by atoms with Crippen LogP contribution in [-0.2, 0) is 6.42 Å². The van der Waals surface area contributed by atoms with Gasteiger partial charge in [0, 0.05) is 4.88 Å². The lowest BCUT2D eigenvalue weighted by molar-refractivity contribution is 0.794. The van der Waals surface area contributed by atoms with Crippen LogP contribution in [0.5, 0.6) is 0 Å². The molecule has 0 unspecified atom stereocenters. The Morgan fingerprint density at radius 2 is 2.18 bits per heavy atom. The summed E-state index contributed by atoms with van der Waals surface area (Å²) in [6, 6.07) is 0. The van der Waals surface area contributed by atoms with E-state index >= 15 is 0 Å². The summed E-state index contributed by atoms with van der Waals surface area (Å²) < 4.78 is 0. The zero-order valence-corrected chi connectivity index (χ0v) is 8.09. The molecule has 1 aromatic heterocycles. The summed E-state index contributed by atoms with van der Waals surface area (Å²) in [6.07, 6.45) is 1.10. The van der Waals surface area contributed by atoms with Crippen molar-refractivity contribution in [3.63, 3.8) is 0 Å². The highest BCUT2D eigenvalue weighted by atomic mass is 32.1. The molecule has 1 rings (SSSR count). The van der Waals surface area contributed by atoms with Gasteiger partial charge in [0.15, 0.2) is 0 Å². The summed E-state index contributed by atoms with van der Waals surface area (Å²) in [5.74, 6) is 0. The van der Waals surface area contributed by atoms with Gasteiger partial charge < -0.3 is 5.32 Å². The molecule has 0 amide bonds. The first-order valence-corrected chi connectivity index (χ1v) is 4.63. The molecule has 0 saturated carbocycles. The van der Waals surface area contributed by atoms with Crippen molar-refractivity contribution in [3.05, 3.63) is 15.6 Å². The fraction of sp³-hybridized carbons (Fsp3) is 0.625. The van der Waals surface area contributed by atoms with Crippen LogP contribution in [0.4, 0.5) is 0 Å². The van der Waals surface area contributed by atoms with E-state index in [1.165, 1.54) is 15.6 Å². The average molecular weight is 170 g/mol. The van der Waals surface area contributed by atoms with Crippen molar-refractivity contribution < 1.29 is 0 Å².